The van der Waals surface area contributed by atoms with E-state index in [0.717, 1.165) is 16.8 Å². The summed E-state index contributed by atoms with van der Waals surface area (Å²) in [6.07, 6.45) is 4.25. The Morgan fingerprint density at radius 3 is 2.27 bits per heavy atom. The molecule has 1 atom stereocenters. The monoisotopic (exact) mass is 469 g/mol. The van der Waals surface area contributed by atoms with Gasteiger partial charge in [0.2, 0.25) is 15.9 Å². The van der Waals surface area contributed by atoms with Gasteiger partial charge in [-0.15, -0.1) is 0 Å². The minimum Gasteiger partial charge on any atom is -0.361 e. The van der Waals surface area contributed by atoms with Crippen molar-refractivity contribution in [2.24, 2.45) is 5.92 Å². The number of hydrogen-bond donors (Lipinski definition) is 3. The number of hydrogen-bond acceptors (Lipinski definition) is 3. The lowest BCUT2D eigenvalue weighted by atomic mass is 9.85. The molecule has 1 aliphatic carbocycles. The molecule has 1 heterocycles. The first-order chi connectivity index (χ1) is 15.8. The normalized spacial score (nSPS) is 19.7. The van der Waals surface area contributed by atoms with Gasteiger partial charge >= 0.3 is 0 Å². The van der Waals surface area contributed by atoms with Crippen LogP contribution in [0.2, 0.25) is 0 Å². The molecule has 1 saturated carbocycles. The highest BCUT2D eigenvalue weighted by atomic mass is 32.2. The molecule has 3 N–H and O–H groups in total. The van der Waals surface area contributed by atoms with Gasteiger partial charge in [-0.25, -0.2) is 17.5 Å². The molecule has 0 bridgehead atoms. The quantitative estimate of drug-likeness (QED) is 0.475. The Labute approximate surface area is 193 Å². The summed E-state index contributed by atoms with van der Waals surface area (Å²) in [5.41, 5.74) is 2.69. The number of H-pyrrole nitrogens is 1. The minimum absolute atomic E-state index is 0.0481. The molecule has 2 aromatic carbocycles. The minimum atomic E-state index is -3.63. The van der Waals surface area contributed by atoms with Gasteiger partial charge in [-0.3, -0.25) is 4.79 Å². The maximum atomic E-state index is 13.1. The van der Waals surface area contributed by atoms with Gasteiger partial charge in [0, 0.05) is 23.9 Å². The van der Waals surface area contributed by atoms with Crippen molar-refractivity contribution in [3.05, 3.63) is 78.2 Å². The molecule has 1 unspecified atom stereocenters. The van der Waals surface area contributed by atoms with E-state index in [1.54, 1.807) is 36.4 Å². The topological polar surface area (TPSA) is 91.1 Å². The molecule has 1 fully saturated rings. The Bertz CT molecular complexity index is 1170. The van der Waals surface area contributed by atoms with Crippen LogP contribution in [0.15, 0.2) is 71.8 Å². The molecule has 4 rings (SSSR count). The van der Waals surface area contributed by atoms with Crippen LogP contribution in [0.4, 0.5) is 4.39 Å². The highest BCUT2D eigenvalue weighted by Gasteiger charge is 2.29. The van der Waals surface area contributed by atoms with Crippen molar-refractivity contribution in [3.8, 4) is 11.3 Å². The lowest BCUT2D eigenvalue weighted by molar-refractivity contribution is -0.126. The van der Waals surface area contributed by atoms with Crippen molar-refractivity contribution in [2.75, 3.05) is 0 Å². The van der Waals surface area contributed by atoms with Gasteiger partial charge in [-0.2, -0.15) is 0 Å². The third kappa shape index (κ3) is 5.69. The van der Waals surface area contributed by atoms with E-state index >= 15 is 0 Å². The van der Waals surface area contributed by atoms with E-state index in [1.807, 2.05) is 25.3 Å². The van der Waals surface area contributed by atoms with Crippen LogP contribution in [0.1, 0.15) is 44.2 Å². The Hall–Kier alpha value is -2.97. The average Bonchev–Trinajstić information content (AvgIpc) is 3.35. The Morgan fingerprint density at radius 1 is 1.00 bits per heavy atom. The zero-order valence-corrected chi connectivity index (χ0v) is 19.2. The molecule has 0 spiro atoms. The Balaban J connectivity index is 1.29. The number of amides is 1. The lowest BCUT2D eigenvalue weighted by Crippen LogP contribution is -2.41. The predicted octanol–water partition coefficient (Wildman–Crippen LogP) is 4.54. The van der Waals surface area contributed by atoms with Crippen LogP contribution < -0.4 is 10.0 Å². The second kappa shape index (κ2) is 9.89. The number of carbonyl (C=O) groups excluding carboxylic acids is 1. The molecule has 33 heavy (non-hydrogen) atoms. The number of aromatic amines is 1. The summed E-state index contributed by atoms with van der Waals surface area (Å²) in [6, 6.07) is 16.3. The van der Waals surface area contributed by atoms with Crippen molar-refractivity contribution < 1.29 is 17.6 Å². The zero-order valence-electron chi connectivity index (χ0n) is 18.4. The van der Waals surface area contributed by atoms with Gasteiger partial charge < -0.3 is 10.3 Å². The summed E-state index contributed by atoms with van der Waals surface area (Å²) in [5, 5.41) is 2.99. The number of rotatable bonds is 7. The first kappa shape index (κ1) is 23.2. The summed E-state index contributed by atoms with van der Waals surface area (Å²) in [4.78, 5) is 16.0. The van der Waals surface area contributed by atoms with E-state index < -0.39 is 10.0 Å². The maximum absolute atomic E-state index is 13.1. The van der Waals surface area contributed by atoms with Gasteiger partial charge in [0.15, 0.2) is 0 Å². The highest BCUT2D eigenvalue weighted by Crippen LogP contribution is 2.27. The highest BCUT2D eigenvalue weighted by molar-refractivity contribution is 7.89. The molecule has 1 aromatic heterocycles. The van der Waals surface area contributed by atoms with E-state index in [4.69, 9.17) is 0 Å². The second-order valence-electron chi connectivity index (χ2n) is 8.56. The van der Waals surface area contributed by atoms with E-state index in [0.29, 0.717) is 25.7 Å². The number of nitrogens with one attached hydrogen (secondary N) is 3. The molecular weight excluding hydrogens is 441 g/mol. The third-order valence-corrected chi connectivity index (χ3v) is 7.76. The third-order valence-electron chi connectivity index (χ3n) is 6.22. The first-order valence-corrected chi connectivity index (χ1v) is 12.6. The Kier molecular flexibility index (Phi) is 6.95. The van der Waals surface area contributed by atoms with Gasteiger partial charge in [0.05, 0.1) is 10.9 Å². The van der Waals surface area contributed by atoms with Crippen molar-refractivity contribution in [1.29, 1.82) is 0 Å². The summed E-state index contributed by atoms with van der Waals surface area (Å²) < 4.78 is 41.5. The number of benzene rings is 2. The molecule has 3 aromatic rings. The van der Waals surface area contributed by atoms with Crippen LogP contribution in [-0.2, 0) is 14.8 Å². The molecule has 0 saturated heterocycles. The number of sulfonamides is 1. The molecular formula is C25H28FN3O3S. The summed E-state index contributed by atoms with van der Waals surface area (Å²) >= 11 is 0. The van der Waals surface area contributed by atoms with Crippen molar-refractivity contribution in [1.82, 2.24) is 15.0 Å². The molecule has 1 amide bonds. The Morgan fingerprint density at radius 2 is 1.67 bits per heavy atom. The van der Waals surface area contributed by atoms with Crippen molar-refractivity contribution in [3.63, 3.8) is 0 Å². The lowest BCUT2D eigenvalue weighted by Gasteiger charge is -2.29. The predicted molar refractivity (Wildman–Crippen MR) is 125 cm³/mol. The zero-order chi connectivity index (χ0) is 23.4. The number of halogens is 1. The van der Waals surface area contributed by atoms with Crippen LogP contribution >= 0.6 is 0 Å². The van der Waals surface area contributed by atoms with Crippen molar-refractivity contribution >= 4 is 15.9 Å². The second-order valence-corrected chi connectivity index (χ2v) is 10.3. The molecule has 8 heteroatoms. The van der Waals surface area contributed by atoms with Crippen LogP contribution in [0.5, 0.6) is 0 Å². The summed E-state index contributed by atoms with van der Waals surface area (Å²) in [7, 11) is -3.63. The standard InChI is InChI=1S/C25H28FN3O3S/c1-17(18-4-10-21(26)11-5-18)28-25(30)20-6-12-22(13-7-20)29-33(31,32)23-14-8-19(9-15-23)24-3-2-16-27-24/h2-5,8-11,14-17,20,22,27,29H,6-7,12-13H2,1H3,(H,28,30). The SMILES string of the molecule is CC(NC(=O)C1CCC(NS(=O)(=O)c2ccc(-c3ccc[nH]3)cc2)CC1)c1ccc(F)cc1. The first-order valence-electron chi connectivity index (χ1n) is 11.1. The molecule has 6 nitrogen and oxygen atoms in total. The number of carbonyl (C=O) groups is 1. The van der Waals surface area contributed by atoms with Crippen LogP contribution in [0, 0.1) is 11.7 Å². The fourth-order valence-electron chi connectivity index (χ4n) is 4.25. The van der Waals surface area contributed by atoms with Crippen molar-refractivity contribution in [2.45, 2.75) is 49.6 Å². The fraction of sp³-hybridized carbons (Fsp3) is 0.320. The van der Waals surface area contributed by atoms with E-state index in [-0.39, 0.29) is 34.6 Å². The average molecular weight is 470 g/mol. The summed E-state index contributed by atoms with van der Waals surface area (Å²) in [5.74, 6) is -0.517. The summed E-state index contributed by atoms with van der Waals surface area (Å²) in [6.45, 7) is 1.87. The smallest absolute Gasteiger partial charge is 0.240 e. The van der Waals surface area contributed by atoms with E-state index in [1.165, 1.54) is 12.1 Å². The van der Waals surface area contributed by atoms with Gasteiger partial charge in [-0.05, 0) is 80.1 Å². The largest absolute Gasteiger partial charge is 0.361 e. The van der Waals surface area contributed by atoms with Crippen LogP contribution in [-0.4, -0.2) is 25.4 Å². The van der Waals surface area contributed by atoms with Gasteiger partial charge in [0.25, 0.3) is 0 Å². The van der Waals surface area contributed by atoms with Crippen LogP contribution in [0.3, 0.4) is 0 Å². The van der Waals surface area contributed by atoms with E-state index in [2.05, 4.69) is 15.0 Å². The van der Waals surface area contributed by atoms with Crippen LogP contribution in [0.25, 0.3) is 11.3 Å². The van der Waals surface area contributed by atoms with Gasteiger partial charge in [0.1, 0.15) is 5.82 Å². The number of aromatic nitrogens is 1. The molecule has 1 aliphatic rings. The fourth-order valence-corrected chi connectivity index (χ4v) is 5.56. The maximum Gasteiger partial charge on any atom is 0.240 e. The molecule has 174 valence electrons. The molecule has 0 radical (unpaired) electrons. The van der Waals surface area contributed by atoms with E-state index in [9.17, 15) is 17.6 Å². The molecule has 0 aliphatic heterocycles. The van der Waals surface area contributed by atoms with Gasteiger partial charge in [-0.1, -0.05) is 24.3 Å².